The van der Waals surface area contributed by atoms with Crippen LogP contribution in [0.1, 0.15) is 5.56 Å². The van der Waals surface area contributed by atoms with E-state index in [-0.39, 0.29) is 0 Å². The van der Waals surface area contributed by atoms with Crippen LogP contribution in [-0.4, -0.2) is 10.2 Å². The molecule has 4 nitrogen and oxygen atoms in total. The Morgan fingerprint density at radius 1 is 1.23 bits per heavy atom. The molecule has 1 heterocycles. The highest BCUT2D eigenvalue weighted by atomic mass is 16.4. The molecule has 2 rings (SSSR count). The van der Waals surface area contributed by atoms with Gasteiger partial charge in [0.15, 0.2) is 0 Å². The van der Waals surface area contributed by atoms with Crippen molar-refractivity contribution in [2.45, 2.75) is 0 Å². The number of hydrogen-bond acceptors (Lipinski definition) is 4. The fourth-order valence-electron chi connectivity index (χ4n) is 0.986. The minimum Gasteiger partial charge on any atom is -0.423 e. The molecular weight excluding hydrogens is 166 g/mol. The van der Waals surface area contributed by atoms with Crippen LogP contribution in [0.4, 0.5) is 0 Å². The Bertz CT molecular complexity index is 425. The zero-order chi connectivity index (χ0) is 9.10. The van der Waals surface area contributed by atoms with Crippen molar-refractivity contribution in [2.24, 2.45) is 0 Å². The fraction of sp³-hybridized carbons (Fsp3) is 0. The minimum atomic E-state index is 0.462. The summed E-state index contributed by atoms with van der Waals surface area (Å²) in [7, 11) is 0. The van der Waals surface area contributed by atoms with Crippen LogP contribution in [0.15, 0.2) is 35.1 Å². The molecule has 2 aromatic rings. The standard InChI is InChI=1S/C9H5N3O/c10-5-7-1-3-8(4-2-7)9-12-11-6-13-9/h1-4,6H. The van der Waals surface area contributed by atoms with Gasteiger partial charge >= 0.3 is 0 Å². The Labute approximate surface area is 74.4 Å². The number of hydrogen-bond donors (Lipinski definition) is 0. The fourth-order valence-corrected chi connectivity index (χ4v) is 0.986. The van der Waals surface area contributed by atoms with Crippen molar-refractivity contribution in [2.75, 3.05) is 0 Å². The first-order valence-corrected chi connectivity index (χ1v) is 3.67. The van der Waals surface area contributed by atoms with Crippen molar-refractivity contribution >= 4 is 0 Å². The van der Waals surface area contributed by atoms with Crippen LogP contribution in [0.2, 0.25) is 0 Å². The van der Waals surface area contributed by atoms with Gasteiger partial charge in [0.25, 0.3) is 0 Å². The van der Waals surface area contributed by atoms with Gasteiger partial charge in [-0.1, -0.05) is 0 Å². The van der Waals surface area contributed by atoms with Gasteiger partial charge in [0.1, 0.15) is 0 Å². The Hall–Kier alpha value is -2.15. The van der Waals surface area contributed by atoms with E-state index >= 15 is 0 Å². The molecule has 0 fully saturated rings. The van der Waals surface area contributed by atoms with E-state index in [1.54, 1.807) is 24.3 Å². The SMILES string of the molecule is N#Cc1ccc(-c2nnco2)cc1. The average molecular weight is 171 g/mol. The lowest BCUT2D eigenvalue weighted by atomic mass is 10.1. The van der Waals surface area contributed by atoms with Gasteiger partial charge in [-0.25, -0.2) is 0 Å². The van der Waals surface area contributed by atoms with E-state index in [1.165, 1.54) is 6.39 Å². The molecule has 0 aliphatic rings. The summed E-state index contributed by atoms with van der Waals surface area (Å²) in [5, 5.41) is 15.9. The van der Waals surface area contributed by atoms with Crippen LogP contribution in [0.25, 0.3) is 11.5 Å². The van der Waals surface area contributed by atoms with Crippen LogP contribution < -0.4 is 0 Å². The lowest BCUT2D eigenvalue weighted by Crippen LogP contribution is -1.78. The van der Waals surface area contributed by atoms with Gasteiger partial charge in [-0.2, -0.15) is 5.26 Å². The maximum Gasteiger partial charge on any atom is 0.247 e. The smallest absolute Gasteiger partial charge is 0.247 e. The Morgan fingerprint density at radius 2 is 2.00 bits per heavy atom. The maximum atomic E-state index is 8.56. The largest absolute Gasteiger partial charge is 0.423 e. The van der Waals surface area contributed by atoms with E-state index < -0.39 is 0 Å². The highest BCUT2D eigenvalue weighted by Gasteiger charge is 2.01. The topological polar surface area (TPSA) is 62.7 Å². The molecule has 13 heavy (non-hydrogen) atoms. The first-order chi connectivity index (χ1) is 6.40. The van der Waals surface area contributed by atoms with Crippen LogP contribution in [0.3, 0.4) is 0 Å². The highest BCUT2D eigenvalue weighted by molar-refractivity contribution is 5.53. The van der Waals surface area contributed by atoms with Crippen LogP contribution in [-0.2, 0) is 0 Å². The summed E-state index contributed by atoms with van der Waals surface area (Å²) in [6.45, 7) is 0. The predicted octanol–water partition coefficient (Wildman–Crippen LogP) is 1.61. The molecule has 0 spiro atoms. The Kier molecular flexibility index (Phi) is 1.77. The van der Waals surface area contributed by atoms with E-state index in [4.69, 9.17) is 9.68 Å². The Balaban J connectivity index is 2.40. The first-order valence-electron chi connectivity index (χ1n) is 3.67. The molecule has 0 atom stereocenters. The molecule has 1 aromatic heterocycles. The number of benzene rings is 1. The second-order valence-electron chi connectivity index (χ2n) is 2.43. The van der Waals surface area contributed by atoms with Gasteiger partial charge in [-0.15, -0.1) is 10.2 Å². The zero-order valence-electron chi connectivity index (χ0n) is 6.64. The molecule has 0 saturated heterocycles. The molecule has 0 radical (unpaired) electrons. The minimum absolute atomic E-state index is 0.462. The lowest BCUT2D eigenvalue weighted by Gasteiger charge is -1.92. The van der Waals surface area contributed by atoms with Crippen molar-refractivity contribution in [1.82, 2.24) is 10.2 Å². The summed E-state index contributed by atoms with van der Waals surface area (Å²) in [5.74, 6) is 0.462. The van der Waals surface area contributed by atoms with E-state index in [1.807, 2.05) is 6.07 Å². The summed E-state index contributed by atoms with van der Waals surface area (Å²) in [5.41, 5.74) is 1.43. The third-order valence-electron chi connectivity index (χ3n) is 1.62. The number of nitriles is 1. The van der Waals surface area contributed by atoms with Gasteiger partial charge in [-0.3, -0.25) is 0 Å². The normalized spacial score (nSPS) is 9.46. The van der Waals surface area contributed by atoms with E-state index in [2.05, 4.69) is 10.2 Å². The first kappa shape index (κ1) is 7.50. The van der Waals surface area contributed by atoms with Crippen molar-refractivity contribution in [3.63, 3.8) is 0 Å². The maximum absolute atomic E-state index is 8.56. The lowest BCUT2D eigenvalue weighted by molar-refractivity contribution is 0.568. The molecule has 1 aromatic carbocycles. The molecular formula is C9H5N3O. The Morgan fingerprint density at radius 3 is 2.54 bits per heavy atom. The van der Waals surface area contributed by atoms with Gasteiger partial charge in [0, 0.05) is 5.56 Å². The van der Waals surface area contributed by atoms with Crippen molar-refractivity contribution in [3.8, 4) is 17.5 Å². The van der Waals surface area contributed by atoms with E-state index in [9.17, 15) is 0 Å². The molecule has 62 valence electrons. The highest BCUT2D eigenvalue weighted by Crippen LogP contribution is 2.15. The van der Waals surface area contributed by atoms with Crippen LogP contribution in [0.5, 0.6) is 0 Å². The second kappa shape index (κ2) is 3.07. The number of nitrogens with zero attached hydrogens (tertiary/aromatic N) is 3. The number of aromatic nitrogens is 2. The van der Waals surface area contributed by atoms with Crippen LogP contribution in [0, 0.1) is 11.3 Å². The number of rotatable bonds is 1. The third-order valence-corrected chi connectivity index (χ3v) is 1.62. The van der Waals surface area contributed by atoms with Gasteiger partial charge < -0.3 is 4.42 Å². The summed E-state index contributed by atoms with van der Waals surface area (Å²) >= 11 is 0. The van der Waals surface area contributed by atoms with Gasteiger partial charge in [0.2, 0.25) is 12.3 Å². The van der Waals surface area contributed by atoms with Gasteiger partial charge in [0.05, 0.1) is 11.6 Å². The van der Waals surface area contributed by atoms with Gasteiger partial charge in [-0.05, 0) is 24.3 Å². The van der Waals surface area contributed by atoms with Crippen molar-refractivity contribution in [1.29, 1.82) is 5.26 Å². The van der Waals surface area contributed by atoms with Crippen molar-refractivity contribution < 1.29 is 4.42 Å². The van der Waals surface area contributed by atoms with Crippen LogP contribution >= 0.6 is 0 Å². The average Bonchev–Trinajstić information content (AvgIpc) is 2.71. The summed E-state index contributed by atoms with van der Waals surface area (Å²) in [6.07, 6.45) is 1.27. The summed E-state index contributed by atoms with van der Waals surface area (Å²) in [6, 6.07) is 8.99. The second-order valence-corrected chi connectivity index (χ2v) is 2.43. The summed E-state index contributed by atoms with van der Waals surface area (Å²) in [4.78, 5) is 0. The quantitative estimate of drug-likeness (QED) is 0.653. The zero-order valence-corrected chi connectivity index (χ0v) is 6.64. The molecule has 0 amide bonds. The van der Waals surface area contributed by atoms with E-state index in [0.29, 0.717) is 11.5 Å². The molecule has 0 aliphatic carbocycles. The third kappa shape index (κ3) is 1.40. The summed E-state index contributed by atoms with van der Waals surface area (Å²) < 4.78 is 4.99. The molecule has 0 N–H and O–H groups in total. The molecule has 4 heteroatoms. The molecule has 0 unspecified atom stereocenters. The monoisotopic (exact) mass is 171 g/mol. The molecule has 0 saturated carbocycles. The molecule has 0 aliphatic heterocycles. The predicted molar refractivity (Wildman–Crippen MR) is 44.4 cm³/mol. The molecule has 0 bridgehead atoms. The van der Waals surface area contributed by atoms with E-state index in [0.717, 1.165) is 5.56 Å². The van der Waals surface area contributed by atoms with Crippen molar-refractivity contribution in [3.05, 3.63) is 36.2 Å².